The summed E-state index contributed by atoms with van der Waals surface area (Å²) in [5, 5.41) is 0.0521. The van der Waals surface area contributed by atoms with Crippen LogP contribution < -0.4 is 5.73 Å². The van der Waals surface area contributed by atoms with E-state index in [1.54, 1.807) is 4.57 Å². The van der Waals surface area contributed by atoms with Crippen molar-refractivity contribution >= 4 is 25.2 Å². The second-order valence-electron chi connectivity index (χ2n) is 8.80. The Hall–Kier alpha value is -2.37. The Bertz CT molecular complexity index is 988. The number of nitrogens with zero attached hydrogens (tertiary/aromatic N) is 3. The second-order valence-corrected chi connectivity index (χ2v) is 13.5. The molecule has 150 valence electrons. The van der Waals surface area contributed by atoms with Crippen molar-refractivity contribution in [1.82, 2.24) is 14.5 Å². The molecule has 6 nitrogen and oxygen atoms in total. The van der Waals surface area contributed by atoms with Crippen molar-refractivity contribution < 1.29 is 13.6 Å². The Labute approximate surface area is 166 Å². The number of aromatic nitrogens is 3. The SMILES string of the molecule is C#C[C@@]1(O[Si](C)(C)C(C)(C)C)[C@H](C)C(=C)O[C@H]1n1cc(F)c2c(N)ncnc21. The van der Waals surface area contributed by atoms with Gasteiger partial charge in [-0.3, -0.25) is 4.57 Å². The van der Waals surface area contributed by atoms with Crippen LogP contribution in [0.15, 0.2) is 24.9 Å². The van der Waals surface area contributed by atoms with Crippen molar-refractivity contribution in [2.45, 2.75) is 57.7 Å². The zero-order valence-corrected chi connectivity index (χ0v) is 18.2. The molecular formula is C20H27FN4O2Si. The van der Waals surface area contributed by atoms with Gasteiger partial charge in [-0.05, 0) is 18.1 Å². The molecule has 3 rings (SSSR count). The maximum atomic E-state index is 14.7. The number of hydrogen-bond acceptors (Lipinski definition) is 5. The van der Waals surface area contributed by atoms with Crippen LogP contribution in [0.25, 0.3) is 11.0 Å². The lowest BCUT2D eigenvalue weighted by molar-refractivity contribution is -0.0328. The molecule has 3 atom stereocenters. The van der Waals surface area contributed by atoms with E-state index in [1.165, 1.54) is 12.5 Å². The van der Waals surface area contributed by atoms with Gasteiger partial charge in [-0.25, -0.2) is 14.4 Å². The summed E-state index contributed by atoms with van der Waals surface area (Å²) in [6.45, 7) is 16.5. The van der Waals surface area contributed by atoms with Crippen LogP contribution in [0, 0.1) is 24.1 Å². The highest BCUT2D eigenvalue weighted by atomic mass is 28.4. The summed E-state index contributed by atoms with van der Waals surface area (Å²) < 4.78 is 29.0. The van der Waals surface area contributed by atoms with Gasteiger partial charge in [0.05, 0.1) is 17.1 Å². The molecule has 28 heavy (non-hydrogen) atoms. The third kappa shape index (κ3) is 2.81. The van der Waals surface area contributed by atoms with E-state index >= 15 is 0 Å². The molecular weight excluding hydrogens is 375 g/mol. The van der Waals surface area contributed by atoms with Crippen LogP contribution in [0.3, 0.4) is 0 Å². The van der Waals surface area contributed by atoms with Crippen LogP contribution >= 0.6 is 0 Å². The summed E-state index contributed by atoms with van der Waals surface area (Å²) in [5.41, 5.74) is 5.00. The van der Waals surface area contributed by atoms with E-state index in [0.717, 1.165) is 0 Å². The predicted molar refractivity (Wildman–Crippen MR) is 110 cm³/mol. The lowest BCUT2D eigenvalue weighted by Gasteiger charge is -2.44. The predicted octanol–water partition coefficient (Wildman–Crippen LogP) is 4.23. The van der Waals surface area contributed by atoms with E-state index in [1.807, 2.05) is 6.92 Å². The van der Waals surface area contributed by atoms with Gasteiger partial charge in [0.1, 0.15) is 12.1 Å². The molecule has 2 aromatic heterocycles. The van der Waals surface area contributed by atoms with Gasteiger partial charge >= 0.3 is 0 Å². The molecule has 2 N–H and O–H groups in total. The molecule has 0 aliphatic carbocycles. The Morgan fingerprint density at radius 2 is 2.07 bits per heavy atom. The average molecular weight is 403 g/mol. The highest BCUT2D eigenvalue weighted by Gasteiger charge is 2.58. The van der Waals surface area contributed by atoms with Gasteiger partial charge in [0.15, 0.2) is 25.4 Å². The normalized spacial score (nSPS) is 25.7. The third-order valence-electron chi connectivity index (χ3n) is 6.06. The van der Waals surface area contributed by atoms with Gasteiger partial charge in [0.2, 0.25) is 6.23 Å². The molecule has 1 aliphatic rings. The summed E-state index contributed by atoms with van der Waals surface area (Å²) in [4.78, 5) is 8.09. The van der Waals surface area contributed by atoms with Gasteiger partial charge in [-0.1, -0.05) is 40.2 Å². The zero-order chi connectivity index (χ0) is 21.1. The minimum atomic E-state index is -2.31. The largest absolute Gasteiger partial charge is 0.470 e. The lowest BCUT2D eigenvalue weighted by atomic mass is 9.89. The third-order valence-corrected chi connectivity index (χ3v) is 10.5. The van der Waals surface area contributed by atoms with Gasteiger partial charge in [0.25, 0.3) is 0 Å². The molecule has 0 aromatic carbocycles. The quantitative estimate of drug-likeness (QED) is 0.614. The molecule has 3 heterocycles. The molecule has 0 bridgehead atoms. The maximum Gasteiger partial charge on any atom is 0.217 e. The first kappa shape index (κ1) is 20.4. The Morgan fingerprint density at radius 1 is 1.43 bits per heavy atom. The first-order valence-corrected chi connectivity index (χ1v) is 12.1. The van der Waals surface area contributed by atoms with Crippen LogP contribution in [0.4, 0.5) is 10.2 Å². The number of fused-ring (bicyclic) bond motifs is 1. The fourth-order valence-corrected chi connectivity index (χ4v) is 4.72. The molecule has 0 radical (unpaired) electrons. The number of ether oxygens (including phenoxy) is 1. The minimum absolute atomic E-state index is 0.0581. The summed E-state index contributed by atoms with van der Waals surface area (Å²) in [7, 11) is -2.31. The molecule has 1 saturated heterocycles. The number of hydrogen-bond donors (Lipinski definition) is 1. The van der Waals surface area contributed by atoms with Crippen molar-refractivity contribution in [1.29, 1.82) is 0 Å². The number of anilines is 1. The minimum Gasteiger partial charge on any atom is -0.470 e. The molecule has 8 heteroatoms. The van der Waals surface area contributed by atoms with Crippen LogP contribution in [-0.2, 0) is 9.16 Å². The number of halogens is 1. The number of rotatable bonds is 3. The molecule has 0 spiro atoms. The van der Waals surface area contributed by atoms with E-state index in [-0.39, 0.29) is 22.2 Å². The summed E-state index contributed by atoms with van der Waals surface area (Å²) in [6, 6.07) is 0. The van der Waals surface area contributed by atoms with E-state index < -0.39 is 26.0 Å². The first-order valence-electron chi connectivity index (χ1n) is 9.15. The number of nitrogens with two attached hydrogens (primary N) is 1. The van der Waals surface area contributed by atoms with Crippen LogP contribution in [0.1, 0.15) is 33.9 Å². The first-order chi connectivity index (χ1) is 12.9. The lowest BCUT2D eigenvalue weighted by Crippen LogP contribution is -2.53. The molecule has 1 fully saturated rings. The van der Waals surface area contributed by atoms with Crippen LogP contribution in [-0.4, -0.2) is 28.5 Å². The van der Waals surface area contributed by atoms with Crippen molar-refractivity contribution in [3.63, 3.8) is 0 Å². The van der Waals surface area contributed by atoms with Crippen LogP contribution in [0.5, 0.6) is 0 Å². The van der Waals surface area contributed by atoms with Crippen molar-refractivity contribution in [2.75, 3.05) is 5.73 Å². The van der Waals surface area contributed by atoms with Crippen LogP contribution in [0.2, 0.25) is 18.1 Å². The fraction of sp³-hybridized carbons (Fsp3) is 0.500. The van der Waals surface area contributed by atoms with Gasteiger partial charge < -0.3 is 14.9 Å². The Kier molecular flexibility index (Phi) is 4.60. The van der Waals surface area contributed by atoms with E-state index in [9.17, 15) is 4.39 Å². The number of nitrogen functional groups attached to an aromatic ring is 1. The molecule has 0 unspecified atom stereocenters. The zero-order valence-electron chi connectivity index (χ0n) is 17.2. The maximum absolute atomic E-state index is 14.7. The van der Waals surface area contributed by atoms with Gasteiger partial charge in [0, 0.05) is 6.20 Å². The fourth-order valence-electron chi connectivity index (χ4n) is 3.23. The monoisotopic (exact) mass is 402 g/mol. The topological polar surface area (TPSA) is 75.2 Å². The molecule has 1 aliphatic heterocycles. The van der Waals surface area contributed by atoms with E-state index in [4.69, 9.17) is 21.3 Å². The second kappa shape index (κ2) is 6.32. The highest BCUT2D eigenvalue weighted by molar-refractivity contribution is 6.74. The van der Waals surface area contributed by atoms with E-state index in [2.05, 4.69) is 56.3 Å². The van der Waals surface area contributed by atoms with E-state index in [0.29, 0.717) is 11.4 Å². The molecule has 0 amide bonds. The van der Waals surface area contributed by atoms with Crippen molar-refractivity contribution in [3.05, 3.63) is 30.7 Å². The Morgan fingerprint density at radius 3 is 2.64 bits per heavy atom. The standard InChI is InChI=1S/C20H27FN4O2Si/c1-9-20(27-28(7,8)19(4,5)6)12(2)13(3)26-18(20)25-10-14(21)15-16(22)23-11-24-17(15)25/h1,10-12,18H,3H2,2,4-8H3,(H2,22,23,24)/t12-,18-,20-/m1/s1. The van der Waals surface area contributed by atoms with Gasteiger partial charge in [-0.2, -0.15) is 0 Å². The number of terminal acetylenes is 1. The molecule has 2 aromatic rings. The Balaban J connectivity index is 2.21. The van der Waals surface area contributed by atoms with Crippen molar-refractivity contribution in [3.8, 4) is 12.3 Å². The summed E-state index contributed by atoms with van der Waals surface area (Å²) in [5.74, 6) is 2.54. The smallest absolute Gasteiger partial charge is 0.217 e. The highest BCUT2D eigenvalue weighted by Crippen LogP contribution is 2.51. The summed E-state index contributed by atoms with van der Waals surface area (Å²) in [6.07, 6.45) is 7.79. The molecule has 0 saturated carbocycles. The summed E-state index contributed by atoms with van der Waals surface area (Å²) >= 11 is 0. The van der Waals surface area contributed by atoms with Crippen molar-refractivity contribution in [2.24, 2.45) is 5.92 Å². The average Bonchev–Trinajstić information content (AvgIpc) is 3.04. The van der Waals surface area contributed by atoms with Gasteiger partial charge in [-0.15, -0.1) is 6.42 Å².